The van der Waals surface area contributed by atoms with Gasteiger partial charge in [0.05, 0.1) is 43.8 Å². The lowest BCUT2D eigenvalue weighted by molar-refractivity contribution is -0.123. The Balaban J connectivity index is 1.19. The monoisotopic (exact) mass is 972 g/mol. The van der Waals surface area contributed by atoms with Crippen LogP contribution in [0, 0.1) is 24.5 Å². The Hall–Kier alpha value is -6.49. The number of fused-ring (bicyclic) bond motifs is 5. The number of aryl methyl sites for hydroxylation is 1. The number of halogens is 9. The molecule has 348 valence electrons. The molecule has 2 saturated carbocycles. The number of hydrogen-bond acceptors (Lipinski definition) is 9. The van der Waals surface area contributed by atoms with Gasteiger partial charge in [-0.3, -0.25) is 28.2 Å². The van der Waals surface area contributed by atoms with Crippen molar-refractivity contribution in [3.8, 4) is 17.1 Å². The van der Waals surface area contributed by atoms with Crippen molar-refractivity contribution in [2.75, 3.05) is 4.72 Å². The lowest BCUT2D eigenvalue weighted by Crippen LogP contribution is -2.38. The van der Waals surface area contributed by atoms with Gasteiger partial charge in [-0.2, -0.15) is 19.0 Å². The molecule has 10 rings (SSSR count). The molecule has 0 spiro atoms. The van der Waals surface area contributed by atoms with Crippen LogP contribution in [-0.4, -0.2) is 65.1 Å². The van der Waals surface area contributed by atoms with Gasteiger partial charge in [-0.15, -0.1) is 0 Å². The van der Waals surface area contributed by atoms with Gasteiger partial charge in [0, 0.05) is 41.4 Å². The molecule has 2 fully saturated rings. The first kappa shape index (κ1) is 44.4. The van der Waals surface area contributed by atoms with E-state index in [1.165, 1.54) is 36.5 Å². The highest BCUT2D eigenvalue weighted by molar-refractivity contribution is 7.93. The van der Waals surface area contributed by atoms with Crippen LogP contribution in [0.4, 0.5) is 40.9 Å². The second-order valence-electron chi connectivity index (χ2n) is 16.7. The summed E-state index contributed by atoms with van der Waals surface area (Å²) in [5.74, 6) is -9.64. The molecule has 3 atom stereocenters. The molecule has 2 N–H and O–H groups in total. The van der Waals surface area contributed by atoms with E-state index < -0.39 is 118 Å². The number of carbonyl (C=O) groups is 1. The van der Waals surface area contributed by atoms with Crippen LogP contribution in [0.3, 0.4) is 0 Å². The van der Waals surface area contributed by atoms with Gasteiger partial charge < -0.3 is 5.32 Å². The second kappa shape index (κ2) is 16.1. The van der Waals surface area contributed by atoms with Crippen LogP contribution >= 0.6 is 11.6 Å². The van der Waals surface area contributed by atoms with Crippen LogP contribution in [0.15, 0.2) is 65.6 Å². The van der Waals surface area contributed by atoms with E-state index in [9.17, 15) is 39.6 Å². The first-order valence-corrected chi connectivity index (χ1v) is 22.6. The Bertz CT molecular complexity index is 3360. The zero-order valence-electron chi connectivity index (χ0n) is 34.5. The van der Waals surface area contributed by atoms with Crippen molar-refractivity contribution >= 4 is 55.2 Å². The Morgan fingerprint density at radius 2 is 1.72 bits per heavy atom. The van der Waals surface area contributed by atoms with Crippen LogP contribution in [0.1, 0.15) is 71.7 Å². The molecular formula is C43H33ClF8N10O4S. The molecule has 0 radical (unpaired) electrons. The fraction of sp³-hybridized carbons (Fsp3) is 0.326. The number of sulfonamides is 1. The number of aromatic nitrogens is 8. The Kier molecular flexibility index (Phi) is 10.7. The molecule has 67 heavy (non-hydrogen) atoms. The van der Waals surface area contributed by atoms with E-state index in [4.69, 9.17) is 16.6 Å². The van der Waals surface area contributed by atoms with Crippen molar-refractivity contribution in [1.29, 1.82) is 0 Å². The fourth-order valence-electron chi connectivity index (χ4n) is 8.90. The third kappa shape index (κ3) is 7.93. The lowest BCUT2D eigenvalue weighted by Gasteiger charge is -2.24. The molecule has 1 amide bonds. The molecule has 0 bridgehead atoms. The van der Waals surface area contributed by atoms with Gasteiger partial charge in [-0.05, 0) is 80.1 Å². The number of anilines is 1. The van der Waals surface area contributed by atoms with Crippen LogP contribution in [0.2, 0.25) is 5.02 Å². The van der Waals surface area contributed by atoms with Gasteiger partial charge in [0.1, 0.15) is 41.9 Å². The van der Waals surface area contributed by atoms with E-state index in [-0.39, 0.29) is 55.9 Å². The van der Waals surface area contributed by atoms with E-state index in [2.05, 4.69) is 30.2 Å². The van der Waals surface area contributed by atoms with Gasteiger partial charge in [-0.25, -0.2) is 49.7 Å². The zero-order valence-corrected chi connectivity index (χ0v) is 36.1. The average molecular weight is 973 g/mol. The molecule has 3 aliphatic rings. The number of alkyl halides is 6. The van der Waals surface area contributed by atoms with Gasteiger partial charge in [0.2, 0.25) is 15.9 Å². The summed E-state index contributed by atoms with van der Waals surface area (Å²) in [6.45, 7) is -0.501. The summed E-state index contributed by atoms with van der Waals surface area (Å²) in [7, 11) is -4.09. The normalized spacial score (nSPS) is 17.9. The minimum absolute atomic E-state index is 0.0468. The van der Waals surface area contributed by atoms with Gasteiger partial charge in [0.25, 0.3) is 24.3 Å². The Morgan fingerprint density at radius 3 is 2.40 bits per heavy atom. The summed E-state index contributed by atoms with van der Waals surface area (Å²) in [5, 5.41) is 9.20. The van der Waals surface area contributed by atoms with Crippen LogP contribution in [-0.2, 0) is 40.3 Å². The van der Waals surface area contributed by atoms with Gasteiger partial charge in [-0.1, -0.05) is 17.7 Å². The van der Waals surface area contributed by atoms with Crippen molar-refractivity contribution in [1.82, 2.24) is 44.4 Å². The number of carbonyl (C=O) groups excluding carboxylic acids is 1. The van der Waals surface area contributed by atoms with Crippen molar-refractivity contribution in [2.24, 2.45) is 5.92 Å². The number of benzene rings is 3. The molecule has 3 aliphatic carbocycles. The Morgan fingerprint density at radius 1 is 0.970 bits per heavy atom. The largest absolute Gasteiger partial charge is 0.344 e. The topological polar surface area (TPSA) is 172 Å². The maximum absolute atomic E-state index is 15.6. The summed E-state index contributed by atoms with van der Waals surface area (Å²) in [6.07, 6.45) is -4.84. The SMILES string of the molecule is Cc1ccnc(-c2ccc3c(=O)n(-c4ccc(Cl)c5c(NS(=O)(=O)C6CC6)nn(CC(F)F)c45)c([C@H](Cc4cc(F)cc(F)c4)NC(=O)Cn4nc(C(F)F)c5c4C(F)(F)[C@@H]4C[C@H]54)nc3c2)n1. The molecule has 0 saturated heterocycles. The third-order valence-corrected chi connectivity index (χ3v) is 14.1. The number of nitrogens with one attached hydrogen (secondary N) is 2. The number of rotatable bonds is 14. The summed E-state index contributed by atoms with van der Waals surface area (Å²) in [5.41, 5.74) is -2.82. The highest BCUT2D eigenvalue weighted by atomic mass is 35.5. The highest BCUT2D eigenvalue weighted by Gasteiger charge is 2.67. The first-order valence-electron chi connectivity index (χ1n) is 20.7. The lowest BCUT2D eigenvalue weighted by atomic mass is 10.0. The molecule has 4 aromatic heterocycles. The quantitative estimate of drug-likeness (QED) is 0.102. The smallest absolute Gasteiger partial charge is 0.293 e. The predicted octanol–water partition coefficient (Wildman–Crippen LogP) is 8.04. The fourth-order valence-corrected chi connectivity index (χ4v) is 10.5. The maximum atomic E-state index is 15.6. The minimum Gasteiger partial charge on any atom is -0.344 e. The molecule has 14 nitrogen and oxygen atoms in total. The Labute approximate surface area is 378 Å². The molecular weight excluding hydrogens is 940 g/mol. The standard InChI is InChI=1S/C43H33ClF8N10O4S/c1-18-8-9-53-39(54-18)20-2-5-24-28(13-20)56-41(62(42(24)64)30-7-6-27(44)34-36(30)60(16-31(47)48)58-40(34)59-67(65,66)23-3-4-23)29(12-19-10-21(45)14-22(46)11-19)55-32(63)17-61-37-33(35(57-61)38(49)50)25-15-26(25)43(37,51)52/h2,5-11,13-14,23,25-26,29,31,38H,3-4,12,15-17H2,1H3,(H,55,63)(H,58,59)/t25-,26+,29-/m0/s1. The van der Waals surface area contributed by atoms with Crippen molar-refractivity contribution in [3.05, 3.63) is 122 Å². The van der Waals surface area contributed by atoms with Crippen molar-refractivity contribution in [2.45, 2.75) is 81.7 Å². The van der Waals surface area contributed by atoms with E-state index in [1.807, 2.05) is 0 Å². The molecule has 7 aromatic rings. The third-order valence-electron chi connectivity index (χ3n) is 12.0. The first-order chi connectivity index (χ1) is 31.8. The molecule has 4 heterocycles. The van der Waals surface area contributed by atoms with Crippen LogP contribution in [0.5, 0.6) is 0 Å². The predicted molar refractivity (Wildman–Crippen MR) is 226 cm³/mol. The van der Waals surface area contributed by atoms with E-state index in [1.54, 1.807) is 13.0 Å². The maximum Gasteiger partial charge on any atom is 0.293 e. The second-order valence-corrected chi connectivity index (χ2v) is 19.1. The molecule has 24 heteroatoms. The summed E-state index contributed by atoms with van der Waals surface area (Å²) in [6, 6.07) is 9.16. The van der Waals surface area contributed by atoms with E-state index in [0.717, 1.165) is 21.4 Å². The van der Waals surface area contributed by atoms with Gasteiger partial charge >= 0.3 is 0 Å². The van der Waals surface area contributed by atoms with Gasteiger partial charge in [0.15, 0.2) is 11.6 Å². The molecule has 0 aliphatic heterocycles. The van der Waals surface area contributed by atoms with Crippen molar-refractivity contribution < 1.29 is 48.3 Å². The zero-order chi connectivity index (χ0) is 47.4. The molecule has 0 unspecified atom stereocenters. The minimum atomic E-state index is -4.09. The summed E-state index contributed by atoms with van der Waals surface area (Å²) < 4.78 is 149. The van der Waals surface area contributed by atoms with Crippen molar-refractivity contribution in [3.63, 3.8) is 0 Å². The number of nitrogens with zero attached hydrogens (tertiary/aromatic N) is 8. The summed E-state index contributed by atoms with van der Waals surface area (Å²) >= 11 is 6.67. The van der Waals surface area contributed by atoms with E-state index in [0.29, 0.717) is 34.8 Å². The number of amides is 1. The van der Waals surface area contributed by atoms with Crippen LogP contribution in [0.25, 0.3) is 38.9 Å². The van der Waals surface area contributed by atoms with Crippen LogP contribution < -0.4 is 15.6 Å². The average Bonchev–Trinajstić information content (AvgIpc) is 4.17. The summed E-state index contributed by atoms with van der Waals surface area (Å²) in [4.78, 5) is 42.9. The molecule has 3 aromatic carbocycles. The van der Waals surface area contributed by atoms with E-state index >= 15 is 13.6 Å². The number of hydrogen-bond donors (Lipinski definition) is 2. The highest BCUT2D eigenvalue weighted by Crippen LogP contribution is 2.68.